The number of thiazole rings is 1. The zero-order valence-corrected chi connectivity index (χ0v) is 14.1. The first-order valence-corrected chi connectivity index (χ1v) is 8.36. The Bertz CT molecular complexity index is 456. The Morgan fingerprint density at radius 1 is 1.57 bits per heavy atom. The summed E-state index contributed by atoms with van der Waals surface area (Å²) in [6, 6.07) is 0.448. The van der Waals surface area contributed by atoms with E-state index < -0.39 is 5.60 Å². The van der Waals surface area contributed by atoms with E-state index in [-0.39, 0.29) is 12.1 Å². The lowest BCUT2D eigenvalue weighted by atomic mass is 10.0. The minimum Gasteiger partial charge on any atom is -0.444 e. The molecule has 2 rings (SSSR count). The van der Waals surface area contributed by atoms with Gasteiger partial charge in [-0.15, -0.1) is 11.3 Å². The van der Waals surface area contributed by atoms with Gasteiger partial charge in [0.2, 0.25) is 0 Å². The van der Waals surface area contributed by atoms with Gasteiger partial charge in [-0.2, -0.15) is 0 Å². The number of hydrogen-bond acceptors (Lipinski definition) is 5. The van der Waals surface area contributed by atoms with Crippen LogP contribution in [0.25, 0.3) is 0 Å². The van der Waals surface area contributed by atoms with E-state index in [9.17, 15) is 4.79 Å². The molecule has 1 aromatic heterocycles. The quantitative estimate of drug-likeness (QED) is 0.931. The van der Waals surface area contributed by atoms with Crippen molar-refractivity contribution in [3.8, 4) is 0 Å². The molecule has 0 spiro atoms. The van der Waals surface area contributed by atoms with Crippen molar-refractivity contribution in [2.24, 2.45) is 0 Å². The van der Waals surface area contributed by atoms with Gasteiger partial charge in [-0.25, -0.2) is 9.78 Å². The SMILES string of the molecule is C[C@@H](c1nccs1)N1CCC[C@@H](NC(=O)OC(C)(C)C)C1. The fourth-order valence-electron chi connectivity index (χ4n) is 2.55. The predicted molar refractivity (Wildman–Crippen MR) is 84.5 cm³/mol. The molecule has 1 aliphatic heterocycles. The second kappa shape index (κ2) is 6.75. The van der Waals surface area contributed by atoms with Crippen LogP contribution in [0.1, 0.15) is 51.6 Å². The lowest BCUT2D eigenvalue weighted by molar-refractivity contribution is 0.0458. The zero-order chi connectivity index (χ0) is 15.5. The third kappa shape index (κ3) is 4.97. The van der Waals surface area contributed by atoms with Crippen LogP contribution < -0.4 is 5.32 Å². The molecule has 6 heteroatoms. The van der Waals surface area contributed by atoms with Gasteiger partial charge in [0, 0.05) is 24.2 Å². The van der Waals surface area contributed by atoms with Crippen molar-refractivity contribution in [3.05, 3.63) is 16.6 Å². The summed E-state index contributed by atoms with van der Waals surface area (Å²) < 4.78 is 5.33. The Morgan fingerprint density at radius 2 is 2.33 bits per heavy atom. The van der Waals surface area contributed by atoms with E-state index in [1.165, 1.54) is 0 Å². The molecule has 2 heterocycles. The number of aromatic nitrogens is 1. The van der Waals surface area contributed by atoms with Gasteiger partial charge in [-0.3, -0.25) is 4.90 Å². The van der Waals surface area contributed by atoms with Crippen molar-refractivity contribution in [3.63, 3.8) is 0 Å². The van der Waals surface area contributed by atoms with Crippen LogP contribution in [-0.4, -0.2) is 40.7 Å². The maximum absolute atomic E-state index is 11.9. The highest BCUT2D eigenvalue weighted by Gasteiger charge is 2.27. The van der Waals surface area contributed by atoms with Crippen LogP contribution in [0.15, 0.2) is 11.6 Å². The number of likely N-dealkylation sites (tertiary alicyclic amines) is 1. The molecule has 1 aliphatic rings. The van der Waals surface area contributed by atoms with Crippen LogP contribution in [0.4, 0.5) is 4.79 Å². The average molecular weight is 311 g/mol. The van der Waals surface area contributed by atoms with Crippen molar-refractivity contribution in [2.75, 3.05) is 13.1 Å². The minimum atomic E-state index is -0.452. The van der Waals surface area contributed by atoms with E-state index in [2.05, 4.69) is 22.1 Å². The number of nitrogens with one attached hydrogen (secondary N) is 1. The smallest absolute Gasteiger partial charge is 0.407 e. The first kappa shape index (κ1) is 16.2. The number of alkyl carbamates (subject to hydrolysis) is 1. The fraction of sp³-hybridized carbons (Fsp3) is 0.733. The molecule has 118 valence electrons. The lowest BCUT2D eigenvalue weighted by Gasteiger charge is -2.36. The Hall–Kier alpha value is -1.14. The molecule has 5 nitrogen and oxygen atoms in total. The number of nitrogens with zero attached hydrogens (tertiary/aromatic N) is 2. The summed E-state index contributed by atoms with van der Waals surface area (Å²) in [5, 5.41) is 6.12. The van der Waals surface area contributed by atoms with Gasteiger partial charge in [-0.05, 0) is 47.1 Å². The molecule has 1 saturated heterocycles. The van der Waals surface area contributed by atoms with Crippen LogP contribution in [0, 0.1) is 0 Å². The first-order chi connectivity index (χ1) is 9.85. The monoisotopic (exact) mass is 311 g/mol. The first-order valence-electron chi connectivity index (χ1n) is 7.48. The van der Waals surface area contributed by atoms with Crippen LogP contribution in [0.2, 0.25) is 0 Å². The van der Waals surface area contributed by atoms with Gasteiger partial charge in [0.1, 0.15) is 10.6 Å². The largest absolute Gasteiger partial charge is 0.444 e. The number of hydrogen-bond donors (Lipinski definition) is 1. The molecule has 1 aromatic rings. The molecule has 0 unspecified atom stereocenters. The molecular formula is C15H25N3O2S. The maximum atomic E-state index is 11.9. The van der Waals surface area contributed by atoms with Crippen molar-refractivity contribution >= 4 is 17.4 Å². The normalized spacial score (nSPS) is 21.8. The molecule has 21 heavy (non-hydrogen) atoms. The lowest BCUT2D eigenvalue weighted by Crippen LogP contribution is -2.49. The number of ether oxygens (including phenoxy) is 1. The third-order valence-corrected chi connectivity index (χ3v) is 4.48. The molecule has 0 aliphatic carbocycles. The molecule has 0 saturated carbocycles. The van der Waals surface area contributed by atoms with Crippen LogP contribution in [0.3, 0.4) is 0 Å². The highest BCUT2D eigenvalue weighted by Crippen LogP contribution is 2.25. The fourth-order valence-corrected chi connectivity index (χ4v) is 3.28. The Labute approximate surface area is 130 Å². The maximum Gasteiger partial charge on any atom is 0.407 e. The van der Waals surface area contributed by atoms with E-state index in [1.807, 2.05) is 32.3 Å². The molecule has 1 amide bonds. The van der Waals surface area contributed by atoms with Gasteiger partial charge in [-0.1, -0.05) is 0 Å². The Balaban J connectivity index is 1.87. The van der Waals surface area contributed by atoms with Crippen LogP contribution >= 0.6 is 11.3 Å². The molecule has 0 radical (unpaired) electrons. The second-order valence-corrected chi connectivity index (χ2v) is 7.45. The molecule has 2 atom stereocenters. The van der Waals surface area contributed by atoms with E-state index >= 15 is 0 Å². The highest BCUT2D eigenvalue weighted by atomic mass is 32.1. The topological polar surface area (TPSA) is 54.5 Å². The number of rotatable bonds is 3. The molecule has 0 bridgehead atoms. The summed E-state index contributed by atoms with van der Waals surface area (Å²) in [7, 11) is 0. The minimum absolute atomic E-state index is 0.149. The summed E-state index contributed by atoms with van der Waals surface area (Å²) >= 11 is 1.68. The van der Waals surface area contributed by atoms with Gasteiger partial charge in [0.25, 0.3) is 0 Å². The number of amides is 1. The van der Waals surface area contributed by atoms with Crippen molar-refractivity contribution in [1.29, 1.82) is 0 Å². The Morgan fingerprint density at radius 3 is 2.95 bits per heavy atom. The summed E-state index contributed by atoms with van der Waals surface area (Å²) in [5.41, 5.74) is -0.452. The van der Waals surface area contributed by atoms with Crippen molar-refractivity contribution in [2.45, 2.75) is 58.2 Å². The summed E-state index contributed by atoms with van der Waals surface area (Å²) in [6.07, 6.45) is 3.60. The van der Waals surface area contributed by atoms with Gasteiger partial charge in [0.05, 0.1) is 6.04 Å². The van der Waals surface area contributed by atoms with Crippen LogP contribution in [-0.2, 0) is 4.74 Å². The number of piperidine rings is 1. The molecule has 0 aromatic carbocycles. The second-order valence-electron chi connectivity index (χ2n) is 6.53. The average Bonchev–Trinajstić information content (AvgIpc) is 2.89. The van der Waals surface area contributed by atoms with E-state index in [1.54, 1.807) is 11.3 Å². The summed E-state index contributed by atoms with van der Waals surface area (Å²) in [4.78, 5) is 18.6. The predicted octanol–water partition coefficient (Wildman–Crippen LogP) is 3.19. The highest BCUT2D eigenvalue weighted by molar-refractivity contribution is 7.09. The van der Waals surface area contributed by atoms with Crippen LogP contribution in [0.5, 0.6) is 0 Å². The molecule has 1 N–H and O–H groups in total. The van der Waals surface area contributed by atoms with E-state index in [0.29, 0.717) is 6.04 Å². The third-order valence-electron chi connectivity index (χ3n) is 3.53. The molecule has 1 fully saturated rings. The standard InChI is InChI=1S/C15H25N3O2S/c1-11(13-16-7-9-21-13)18-8-5-6-12(10-18)17-14(19)20-15(2,3)4/h7,9,11-12H,5-6,8,10H2,1-4H3,(H,17,19)/t11-,12+/m0/s1. The van der Waals surface area contributed by atoms with E-state index in [0.717, 1.165) is 30.9 Å². The van der Waals surface area contributed by atoms with Crippen molar-refractivity contribution in [1.82, 2.24) is 15.2 Å². The van der Waals surface area contributed by atoms with Gasteiger partial charge < -0.3 is 10.1 Å². The van der Waals surface area contributed by atoms with Gasteiger partial charge >= 0.3 is 6.09 Å². The zero-order valence-electron chi connectivity index (χ0n) is 13.3. The number of carbonyl (C=O) groups is 1. The van der Waals surface area contributed by atoms with E-state index in [4.69, 9.17) is 4.74 Å². The molecular weight excluding hydrogens is 286 g/mol. The van der Waals surface area contributed by atoms with Crippen molar-refractivity contribution < 1.29 is 9.53 Å². The van der Waals surface area contributed by atoms with Gasteiger partial charge in [0.15, 0.2) is 0 Å². The number of carbonyl (C=O) groups excluding carboxylic acids is 1. The summed E-state index contributed by atoms with van der Waals surface area (Å²) in [6.45, 7) is 9.71. The summed E-state index contributed by atoms with van der Waals surface area (Å²) in [5.74, 6) is 0. The Kier molecular flexibility index (Phi) is 5.22.